The summed E-state index contributed by atoms with van der Waals surface area (Å²) in [5.41, 5.74) is -0.0388. The third kappa shape index (κ3) is 3.49. The highest BCUT2D eigenvalue weighted by Gasteiger charge is 2.06. The van der Waals surface area contributed by atoms with Crippen LogP contribution in [0.1, 0.15) is 6.92 Å². The highest BCUT2D eigenvalue weighted by molar-refractivity contribution is 6.60. The quantitative estimate of drug-likeness (QED) is 0.371. The monoisotopic (exact) mass is 235 g/mol. The van der Waals surface area contributed by atoms with E-state index in [2.05, 4.69) is 10.1 Å². The van der Waals surface area contributed by atoms with Crippen LogP contribution in [0.25, 0.3) is 0 Å². The van der Waals surface area contributed by atoms with Gasteiger partial charge in [-0.3, -0.25) is 19.9 Å². The number of hydrogen-bond donors (Lipinski definition) is 1. The number of carbonyl (C=O) groups is 1. The predicted octanol–water partition coefficient (Wildman–Crippen LogP) is 1.72. The van der Waals surface area contributed by atoms with Crippen molar-refractivity contribution in [1.82, 2.24) is 0 Å². The number of benzene rings is 1. The van der Waals surface area contributed by atoms with Gasteiger partial charge in [-0.1, -0.05) is 11.2 Å². The van der Waals surface area contributed by atoms with Crippen molar-refractivity contribution in [1.29, 1.82) is 0 Å². The van der Waals surface area contributed by atoms with Gasteiger partial charge in [-0.15, -0.1) is 0 Å². The van der Waals surface area contributed by atoms with Crippen molar-refractivity contribution in [2.24, 2.45) is 10.1 Å². The summed E-state index contributed by atoms with van der Waals surface area (Å²) in [5, 5.41) is 21.7. The average molecular weight is 235 g/mol. The molecule has 0 atom stereocenters. The Kier molecular flexibility index (Phi) is 4.04. The zero-order chi connectivity index (χ0) is 12.8. The zero-order valence-corrected chi connectivity index (χ0v) is 8.90. The first-order chi connectivity index (χ1) is 8.04. The maximum absolute atomic E-state index is 10.9. The van der Waals surface area contributed by atoms with Crippen LogP contribution in [-0.2, 0) is 4.79 Å². The molecule has 17 heavy (non-hydrogen) atoms. The number of nitrogens with zero attached hydrogens (tertiary/aromatic N) is 3. The second kappa shape index (κ2) is 5.50. The van der Waals surface area contributed by atoms with E-state index in [1.165, 1.54) is 31.2 Å². The molecule has 0 aromatic heterocycles. The number of Topliss-reactive ketones (excluding diaryl/α,β-unsaturated/α-hetero) is 1. The van der Waals surface area contributed by atoms with Crippen molar-refractivity contribution in [2.75, 3.05) is 0 Å². The molecule has 7 nitrogen and oxygen atoms in total. The van der Waals surface area contributed by atoms with Gasteiger partial charge in [0, 0.05) is 19.1 Å². The summed E-state index contributed by atoms with van der Waals surface area (Å²) in [6.07, 6.45) is 1.04. The van der Waals surface area contributed by atoms with Gasteiger partial charge < -0.3 is 5.21 Å². The summed E-state index contributed by atoms with van der Waals surface area (Å²) in [5.74, 6) is -0.457. The normalized spacial score (nSPS) is 11.7. The molecule has 0 unspecified atom stereocenters. The number of hydrogen-bond acceptors (Lipinski definition) is 6. The van der Waals surface area contributed by atoms with Crippen molar-refractivity contribution < 1.29 is 14.9 Å². The molecule has 0 saturated carbocycles. The predicted molar refractivity (Wildman–Crippen MR) is 61.2 cm³/mol. The molecule has 0 fully saturated rings. The van der Waals surface area contributed by atoms with Gasteiger partial charge in [-0.05, 0) is 6.07 Å². The van der Waals surface area contributed by atoms with Crippen LogP contribution in [0, 0.1) is 10.1 Å². The summed E-state index contributed by atoms with van der Waals surface area (Å²) >= 11 is 0. The van der Waals surface area contributed by atoms with Crippen LogP contribution in [0.2, 0.25) is 0 Å². The first-order valence-electron chi connectivity index (χ1n) is 4.56. The van der Waals surface area contributed by atoms with E-state index < -0.39 is 10.7 Å². The summed E-state index contributed by atoms with van der Waals surface area (Å²) in [4.78, 5) is 24.6. The molecule has 0 radical (unpaired) electrons. The Bertz CT molecular complexity index is 508. The molecule has 88 valence electrons. The fourth-order valence-electron chi connectivity index (χ4n) is 1.01. The van der Waals surface area contributed by atoms with Crippen molar-refractivity contribution in [2.45, 2.75) is 6.92 Å². The van der Waals surface area contributed by atoms with E-state index in [9.17, 15) is 14.9 Å². The van der Waals surface area contributed by atoms with Crippen LogP contribution in [0.3, 0.4) is 0 Å². The molecule has 1 rings (SSSR count). The van der Waals surface area contributed by atoms with Crippen molar-refractivity contribution >= 4 is 29.1 Å². The lowest BCUT2D eigenvalue weighted by Gasteiger charge is -1.94. The van der Waals surface area contributed by atoms with Gasteiger partial charge in [0.2, 0.25) is 0 Å². The minimum absolute atomic E-state index is 0.107. The largest absolute Gasteiger partial charge is 0.410 e. The van der Waals surface area contributed by atoms with Gasteiger partial charge in [0.15, 0.2) is 11.5 Å². The smallest absolute Gasteiger partial charge is 0.271 e. The second-order valence-electron chi connectivity index (χ2n) is 3.08. The Labute approximate surface area is 96.2 Å². The van der Waals surface area contributed by atoms with Crippen LogP contribution in [0.5, 0.6) is 0 Å². The van der Waals surface area contributed by atoms with E-state index in [0.717, 1.165) is 6.21 Å². The van der Waals surface area contributed by atoms with E-state index in [0.29, 0.717) is 5.69 Å². The fourth-order valence-corrected chi connectivity index (χ4v) is 1.01. The molecule has 0 aliphatic heterocycles. The molecule has 0 aliphatic rings. The standard InChI is InChI=1S/C10H9N3O4/c1-7(14)10(12-15)6-11-8-3-2-4-9(5-8)13(16)17/h2-6,15H,1H3. The molecular weight excluding hydrogens is 226 g/mol. The molecule has 0 heterocycles. The summed E-state index contributed by atoms with van der Waals surface area (Å²) in [6.45, 7) is 1.22. The summed E-state index contributed by atoms with van der Waals surface area (Å²) in [7, 11) is 0. The molecule has 1 N–H and O–H groups in total. The van der Waals surface area contributed by atoms with E-state index >= 15 is 0 Å². The summed E-state index contributed by atoms with van der Waals surface area (Å²) < 4.78 is 0. The summed E-state index contributed by atoms with van der Waals surface area (Å²) in [6, 6.07) is 5.56. The topological polar surface area (TPSA) is 105 Å². The Hall–Kier alpha value is -2.57. The van der Waals surface area contributed by atoms with E-state index in [4.69, 9.17) is 5.21 Å². The van der Waals surface area contributed by atoms with Gasteiger partial charge in [0.05, 0.1) is 16.8 Å². The Morgan fingerprint density at radius 2 is 2.24 bits per heavy atom. The molecule has 0 aliphatic carbocycles. The van der Waals surface area contributed by atoms with E-state index in [1.807, 2.05) is 0 Å². The number of non-ortho nitro benzene ring substituents is 1. The van der Waals surface area contributed by atoms with Gasteiger partial charge in [0.25, 0.3) is 5.69 Å². The lowest BCUT2D eigenvalue weighted by Crippen LogP contribution is -2.10. The highest BCUT2D eigenvalue weighted by atomic mass is 16.6. The molecule has 0 saturated heterocycles. The van der Waals surface area contributed by atoms with Crippen molar-refractivity contribution in [3.8, 4) is 0 Å². The Balaban J connectivity index is 2.96. The number of oxime groups is 1. The number of nitro groups is 1. The minimum atomic E-state index is -0.551. The average Bonchev–Trinajstić information content (AvgIpc) is 2.29. The Morgan fingerprint density at radius 3 is 2.76 bits per heavy atom. The van der Waals surface area contributed by atoms with E-state index in [-0.39, 0.29) is 11.4 Å². The van der Waals surface area contributed by atoms with Crippen LogP contribution in [0.15, 0.2) is 34.4 Å². The molecular formula is C10H9N3O4. The maximum atomic E-state index is 10.9. The lowest BCUT2D eigenvalue weighted by atomic mass is 10.2. The first-order valence-corrected chi connectivity index (χ1v) is 4.56. The number of ketones is 1. The zero-order valence-electron chi connectivity index (χ0n) is 8.90. The third-order valence-electron chi connectivity index (χ3n) is 1.84. The first kappa shape index (κ1) is 12.5. The second-order valence-corrected chi connectivity index (χ2v) is 3.08. The van der Waals surface area contributed by atoms with Gasteiger partial charge in [-0.25, -0.2) is 0 Å². The number of rotatable bonds is 4. The maximum Gasteiger partial charge on any atom is 0.271 e. The molecule has 0 bridgehead atoms. The highest BCUT2D eigenvalue weighted by Crippen LogP contribution is 2.19. The third-order valence-corrected chi connectivity index (χ3v) is 1.84. The van der Waals surface area contributed by atoms with Gasteiger partial charge in [0.1, 0.15) is 0 Å². The molecule has 1 aromatic rings. The molecule has 1 aromatic carbocycles. The lowest BCUT2D eigenvalue weighted by molar-refractivity contribution is -0.384. The van der Waals surface area contributed by atoms with Crippen molar-refractivity contribution in [3.63, 3.8) is 0 Å². The van der Waals surface area contributed by atoms with E-state index in [1.54, 1.807) is 0 Å². The van der Waals surface area contributed by atoms with Crippen LogP contribution >= 0.6 is 0 Å². The van der Waals surface area contributed by atoms with Crippen LogP contribution < -0.4 is 0 Å². The van der Waals surface area contributed by atoms with Crippen LogP contribution in [-0.4, -0.2) is 27.8 Å². The Morgan fingerprint density at radius 1 is 1.53 bits per heavy atom. The fraction of sp³-hybridized carbons (Fsp3) is 0.100. The molecule has 0 amide bonds. The van der Waals surface area contributed by atoms with Crippen LogP contribution in [0.4, 0.5) is 11.4 Å². The van der Waals surface area contributed by atoms with Gasteiger partial charge in [-0.2, -0.15) is 0 Å². The molecule has 7 heteroatoms. The van der Waals surface area contributed by atoms with Gasteiger partial charge >= 0.3 is 0 Å². The minimum Gasteiger partial charge on any atom is -0.410 e. The number of carbonyl (C=O) groups excluding carboxylic acids is 1. The number of aliphatic imine (C=N–C) groups is 1. The number of nitro benzene ring substituents is 1. The van der Waals surface area contributed by atoms with Crippen molar-refractivity contribution in [3.05, 3.63) is 34.4 Å². The molecule has 0 spiro atoms. The SMILES string of the molecule is CC(=O)C(C=Nc1cccc([N+](=O)[O-])c1)=NO.